The van der Waals surface area contributed by atoms with Gasteiger partial charge in [0.15, 0.2) is 0 Å². The molecule has 10 aromatic rings. The molecule has 0 amide bonds. The molecule has 0 fully saturated rings. The number of fused-ring (bicyclic) bond motifs is 9. The predicted octanol–water partition coefficient (Wildman–Crippen LogP) is 13.6. The molecule has 0 saturated carbocycles. The minimum atomic E-state index is -0.389. The number of rotatable bonds is 3. The fraction of sp³-hybridized carbons (Fsp3) is 0. The highest BCUT2D eigenvalue weighted by Crippen LogP contribution is 2.45. The molecule has 0 spiro atoms. The van der Waals surface area contributed by atoms with E-state index in [1.807, 2.05) is 18.2 Å². The quantitative estimate of drug-likeness (QED) is 0.138. The Bertz CT molecular complexity index is 3060. The van der Waals surface area contributed by atoms with Crippen LogP contribution in [-0.4, -0.2) is 0 Å². The number of benzene rings is 10. The standard InChI is InChI=1S/C48H30/c1-2-12-31(13-3-1)33-24-22-32-23-25-34(29-36(32)28-33)47-42-18-8-10-20-44(42)48(45-21-11-9-19-43(45)47)35-26-27-41-39-16-5-4-14-37(39)38-15-6-7-17-40(38)46(41)30-35/h1-30H/i1D,2D,3D,12D,13D. The Kier molecular flexibility index (Phi) is 4.95. The Morgan fingerprint density at radius 3 is 1.21 bits per heavy atom. The predicted molar refractivity (Wildman–Crippen MR) is 208 cm³/mol. The highest BCUT2D eigenvalue weighted by atomic mass is 14.2. The molecule has 10 aromatic carbocycles. The normalized spacial score (nSPS) is 13.2. The van der Waals surface area contributed by atoms with Crippen LogP contribution < -0.4 is 0 Å². The molecule has 0 nitrogen and oxygen atoms in total. The Labute approximate surface area is 286 Å². The molecule has 0 aliphatic heterocycles. The van der Waals surface area contributed by atoms with Gasteiger partial charge in [-0.05, 0) is 116 Å². The first kappa shape index (κ1) is 22.3. The van der Waals surface area contributed by atoms with Crippen molar-refractivity contribution in [3.05, 3.63) is 182 Å². The van der Waals surface area contributed by atoms with Gasteiger partial charge in [0.1, 0.15) is 0 Å². The van der Waals surface area contributed by atoms with Crippen molar-refractivity contribution < 1.29 is 6.85 Å². The van der Waals surface area contributed by atoms with Gasteiger partial charge in [-0.15, -0.1) is 0 Å². The van der Waals surface area contributed by atoms with E-state index < -0.39 is 0 Å². The molecule has 0 radical (unpaired) electrons. The van der Waals surface area contributed by atoms with E-state index in [1.54, 1.807) is 0 Å². The van der Waals surface area contributed by atoms with Gasteiger partial charge >= 0.3 is 0 Å². The Morgan fingerprint density at radius 2 is 0.667 bits per heavy atom. The molecule has 48 heavy (non-hydrogen) atoms. The summed E-state index contributed by atoms with van der Waals surface area (Å²) in [6.07, 6.45) is 0. The molecule has 10 rings (SSSR count). The zero-order valence-corrected chi connectivity index (χ0v) is 25.9. The van der Waals surface area contributed by atoms with Gasteiger partial charge in [-0.1, -0.05) is 164 Å². The second kappa shape index (κ2) is 10.7. The largest absolute Gasteiger partial charge is 0.0629 e. The van der Waals surface area contributed by atoms with Crippen LogP contribution in [0.25, 0.3) is 98.0 Å². The van der Waals surface area contributed by atoms with Crippen molar-refractivity contribution in [1.29, 1.82) is 0 Å². The van der Waals surface area contributed by atoms with Crippen molar-refractivity contribution in [3.8, 4) is 33.4 Å². The molecule has 0 saturated heterocycles. The van der Waals surface area contributed by atoms with E-state index in [2.05, 4.69) is 133 Å². The van der Waals surface area contributed by atoms with Crippen LogP contribution in [0.4, 0.5) is 0 Å². The Hall–Kier alpha value is -6.24. The molecule has 0 bridgehead atoms. The van der Waals surface area contributed by atoms with Crippen molar-refractivity contribution in [1.82, 2.24) is 0 Å². The van der Waals surface area contributed by atoms with Gasteiger partial charge in [0.25, 0.3) is 0 Å². The van der Waals surface area contributed by atoms with Gasteiger partial charge in [-0.2, -0.15) is 0 Å². The summed E-state index contributed by atoms with van der Waals surface area (Å²) in [5.74, 6) is 0. The van der Waals surface area contributed by atoms with Crippen LogP contribution in [0.15, 0.2) is 182 Å². The number of hydrogen-bond donors (Lipinski definition) is 0. The van der Waals surface area contributed by atoms with E-state index in [-0.39, 0.29) is 35.8 Å². The Morgan fingerprint density at radius 1 is 0.271 bits per heavy atom. The summed E-state index contributed by atoms with van der Waals surface area (Å²) in [5, 5.41) is 14.0. The molecule has 0 heteroatoms. The van der Waals surface area contributed by atoms with Gasteiger partial charge in [0, 0.05) is 0 Å². The van der Waals surface area contributed by atoms with Crippen molar-refractivity contribution >= 4 is 64.6 Å². The average molecular weight is 612 g/mol. The molecular formula is C48H30. The lowest BCUT2D eigenvalue weighted by Gasteiger charge is -2.19. The molecule has 0 aliphatic rings. The van der Waals surface area contributed by atoms with E-state index in [0.717, 1.165) is 32.7 Å². The van der Waals surface area contributed by atoms with E-state index in [1.165, 1.54) is 54.2 Å². The van der Waals surface area contributed by atoms with E-state index in [0.29, 0.717) is 5.56 Å². The lowest BCUT2D eigenvalue weighted by molar-refractivity contribution is 1.64. The molecule has 0 heterocycles. The van der Waals surface area contributed by atoms with E-state index in [4.69, 9.17) is 6.85 Å². The number of hydrogen-bond acceptors (Lipinski definition) is 0. The fourth-order valence-corrected chi connectivity index (χ4v) is 7.77. The highest BCUT2D eigenvalue weighted by Gasteiger charge is 2.18. The summed E-state index contributed by atoms with van der Waals surface area (Å²) in [6.45, 7) is 0. The maximum Gasteiger partial charge on any atom is 0.0629 e. The second-order valence-electron chi connectivity index (χ2n) is 12.5. The first-order chi connectivity index (χ1) is 25.9. The second-order valence-corrected chi connectivity index (χ2v) is 12.5. The van der Waals surface area contributed by atoms with Crippen molar-refractivity contribution in [2.75, 3.05) is 0 Å². The molecule has 0 N–H and O–H groups in total. The summed E-state index contributed by atoms with van der Waals surface area (Å²) >= 11 is 0. The summed E-state index contributed by atoms with van der Waals surface area (Å²) in [6, 6.07) is 52.3. The third-order valence-electron chi connectivity index (χ3n) is 9.88. The van der Waals surface area contributed by atoms with Gasteiger partial charge in [-0.25, -0.2) is 0 Å². The molecular weight excluding hydrogens is 577 g/mol. The van der Waals surface area contributed by atoms with E-state index in [9.17, 15) is 0 Å². The van der Waals surface area contributed by atoms with Gasteiger partial charge in [0.2, 0.25) is 0 Å². The molecule has 0 aromatic heterocycles. The first-order valence-corrected chi connectivity index (χ1v) is 16.3. The average Bonchev–Trinajstić information content (AvgIpc) is 3.21. The Balaban J connectivity index is 1.22. The van der Waals surface area contributed by atoms with Crippen LogP contribution in [0.2, 0.25) is 0 Å². The van der Waals surface area contributed by atoms with Gasteiger partial charge in [-0.3, -0.25) is 0 Å². The fourth-order valence-electron chi connectivity index (χ4n) is 7.77. The molecule has 0 aliphatic carbocycles. The van der Waals surface area contributed by atoms with Crippen LogP contribution in [0.1, 0.15) is 6.85 Å². The maximum atomic E-state index is 8.58. The van der Waals surface area contributed by atoms with Crippen molar-refractivity contribution in [3.63, 3.8) is 0 Å². The lowest BCUT2D eigenvalue weighted by Crippen LogP contribution is -1.91. The monoisotopic (exact) mass is 611 g/mol. The van der Waals surface area contributed by atoms with Gasteiger partial charge in [0.05, 0.1) is 6.85 Å². The first-order valence-electron chi connectivity index (χ1n) is 18.8. The maximum absolute atomic E-state index is 8.58. The lowest BCUT2D eigenvalue weighted by atomic mass is 9.84. The summed E-state index contributed by atoms with van der Waals surface area (Å²) in [5.41, 5.74) is 5.34. The third-order valence-corrected chi connectivity index (χ3v) is 9.88. The van der Waals surface area contributed by atoms with E-state index >= 15 is 0 Å². The zero-order chi connectivity index (χ0) is 36.0. The third kappa shape index (κ3) is 4.10. The zero-order valence-electron chi connectivity index (χ0n) is 30.9. The SMILES string of the molecule is [2H]c1c([2H])c([2H])c(-c2ccc3ccc(-c4c5ccccc5c(-c5ccc6c7ccccc7c7ccccc7c6c5)c5ccccc45)cc3c2)c([2H])c1[2H]. The van der Waals surface area contributed by atoms with Crippen LogP contribution >= 0.6 is 0 Å². The van der Waals surface area contributed by atoms with Crippen molar-refractivity contribution in [2.45, 2.75) is 0 Å². The minimum absolute atomic E-state index is 0.200. The van der Waals surface area contributed by atoms with Crippen LogP contribution in [0, 0.1) is 0 Å². The molecule has 222 valence electrons. The summed E-state index contributed by atoms with van der Waals surface area (Å²) < 4.78 is 41.7. The summed E-state index contributed by atoms with van der Waals surface area (Å²) in [7, 11) is 0. The highest BCUT2D eigenvalue weighted by molar-refractivity contribution is 6.27. The molecule has 0 atom stereocenters. The minimum Gasteiger partial charge on any atom is -0.0622 e. The smallest absolute Gasteiger partial charge is 0.0622 e. The van der Waals surface area contributed by atoms with Crippen LogP contribution in [0.5, 0.6) is 0 Å². The van der Waals surface area contributed by atoms with Crippen molar-refractivity contribution in [2.24, 2.45) is 0 Å². The topological polar surface area (TPSA) is 0 Å². The summed E-state index contributed by atoms with van der Waals surface area (Å²) in [4.78, 5) is 0. The van der Waals surface area contributed by atoms with Gasteiger partial charge < -0.3 is 0 Å². The van der Waals surface area contributed by atoms with Crippen LogP contribution in [0.3, 0.4) is 0 Å². The van der Waals surface area contributed by atoms with Crippen LogP contribution in [-0.2, 0) is 0 Å². The molecule has 0 unspecified atom stereocenters.